The molecule has 0 bridgehead atoms. The number of sulfonamides is 1. The molecule has 0 fully saturated rings. The quantitative estimate of drug-likeness (QED) is 0.608. The molecule has 0 radical (unpaired) electrons. The zero-order valence-electron chi connectivity index (χ0n) is 15.4. The minimum atomic E-state index is -3.86. The summed E-state index contributed by atoms with van der Waals surface area (Å²) in [5.74, 6) is -0.686. The topological polar surface area (TPSA) is 96.3 Å². The number of rotatable bonds is 7. The lowest BCUT2D eigenvalue weighted by Gasteiger charge is -2.08. The maximum atomic E-state index is 12.2. The first-order valence-corrected chi connectivity index (χ1v) is 10.3. The Bertz CT molecular complexity index is 1120. The van der Waals surface area contributed by atoms with Crippen LogP contribution in [0, 0.1) is 11.3 Å². The second-order valence-corrected chi connectivity index (χ2v) is 7.95. The van der Waals surface area contributed by atoms with Crippen molar-refractivity contribution in [1.29, 1.82) is 5.26 Å². The Morgan fingerprint density at radius 3 is 2.14 bits per heavy atom. The molecule has 0 spiro atoms. The van der Waals surface area contributed by atoms with Crippen LogP contribution >= 0.6 is 0 Å². The lowest BCUT2D eigenvalue weighted by Crippen LogP contribution is -2.30. The molecule has 0 aliphatic carbocycles. The van der Waals surface area contributed by atoms with E-state index < -0.39 is 22.5 Å². The van der Waals surface area contributed by atoms with Crippen LogP contribution in [0.4, 0.5) is 0 Å². The van der Waals surface area contributed by atoms with Crippen molar-refractivity contribution < 1.29 is 17.9 Å². The van der Waals surface area contributed by atoms with Crippen LogP contribution < -0.4 is 4.72 Å². The third kappa shape index (κ3) is 5.51. The Balaban J connectivity index is 1.51. The molecule has 0 atom stereocenters. The van der Waals surface area contributed by atoms with Crippen LogP contribution in [0.2, 0.25) is 0 Å². The van der Waals surface area contributed by atoms with Gasteiger partial charge in [0.25, 0.3) is 0 Å². The minimum absolute atomic E-state index is 0.0270. The predicted molar refractivity (Wildman–Crippen MR) is 108 cm³/mol. The lowest BCUT2D eigenvalue weighted by atomic mass is 10.0. The van der Waals surface area contributed by atoms with E-state index in [4.69, 9.17) is 10.00 Å². The van der Waals surface area contributed by atoms with Gasteiger partial charge in [0, 0.05) is 0 Å². The molecule has 1 N–H and O–H groups in total. The van der Waals surface area contributed by atoms with Crippen LogP contribution in [0.1, 0.15) is 11.1 Å². The van der Waals surface area contributed by atoms with Gasteiger partial charge >= 0.3 is 5.97 Å². The molecule has 6 nitrogen and oxygen atoms in total. The Hall–Kier alpha value is -3.47. The molecule has 0 saturated carbocycles. The summed E-state index contributed by atoms with van der Waals surface area (Å²) in [6.07, 6.45) is 0. The van der Waals surface area contributed by atoms with E-state index in [2.05, 4.69) is 4.72 Å². The number of carbonyl (C=O) groups is 1. The third-order valence-corrected chi connectivity index (χ3v) is 5.58. The molecule has 0 amide bonds. The van der Waals surface area contributed by atoms with Gasteiger partial charge in [0.15, 0.2) is 0 Å². The van der Waals surface area contributed by atoms with Crippen molar-refractivity contribution in [3.8, 4) is 17.2 Å². The zero-order chi connectivity index (χ0) is 20.7. The summed E-state index contributed by atoms with van der Waals surface area (Å²) in [4.78, 5) is 11.9. The SMILES string of the molecule is N#Cc1ccc(S(=O)(=O)NCC(=O)OCc2ccc(-c3ccccc3)cc2)cc1. The Kier molecular flexibility index (Phi) is 6.39. The molecule has 29 heavy (non-hydrogen) atoms. The van der Waals surface area contributed by atoms with Crippen LogP contribution in [0.5, 0.6) is 0 Å². The molecule has 3 rings (SSSR count). The summed E-state index contributed by atoms with van der Waals surface area (Å²) in [7, 11) is -3.86. The highest BCUT2D eigenvalue weighted by molar-refractivity contribution is 7.89. The second kappa shape index (κ2) is 9.15. The first-order valence-electron chi connectivity index (χ1n) is 8.78. The average molecular weight is 406 g/mol. The van der Waals surface area contributed by atoms with Crippen LogP contribution in [0.25, 0.3) is 11.1 Å². The summed E-state index contributed by atoms with van der Waals surface area (Å²) in [5.41, 5.74) is 3.29. The van der Waals surface area contributed by atoms with Crippen molar-refractivity contribution in [2.24, 2.45) is 0 Å². The normalized spacial score (nSPS) is 10.9. The van der Waals surface area contributed by atoms with Crippen LogP contribution in [0.3, 0.4) is 0 Å². The summed E-state index contributed by atoms with van der Waals surface area (Å²) in [6, 6.07) is 24.8. The minimum Gasteiger partial charge on any atom is -0.460 e. The number of hydrogen-bond donors (Lipinski definition) is 1. The highest BCUT2D eigenvalue weighted by Crippen LogP contribution is 2.19. The summed E-state index contributed by atoms with van der Waals surface area (Å²) >= 11 is 0. The van der Waals surface area contributed by atoms with Gasteiger partial charge in [-0.2, -0.15) is 9.98 Å². The molecule has 3 aromatic carbocycles. The fourth-order valence-corrected chi connectivity index (χ4v) is 3.55. The molecule has 0 unspecified atom stereocenters. The lowest BCUT2D eigenvalue weighted by molar-refractivity contribution is -0.143. The van der Waals surface area contributed by atoms with Crippen molar-refractivity contribution >= 4 is 16.0 Å². The van der Waals surface area contributed by atoms with Gasteiger partial charge in [0.05, 0.1) is 16.5 Å². The molecular formula is C22H18N2O4S. The molecule has 7 heteroatoms. The predicted octanol–water partition coefficient (Wildman–Crippen LogP) is 3.25. The first kappa shape index (κ1) is 20.3. The smallest absolute Gasteiger partial charge is 0.321 e. The standard InChI is InChI=1S/C22H18N2O4S/c23-14-17-8-12-21(13-9-17)29(26,27)24-15-22(25)28-16-18-6-10-20(11-7-18)19-4-2-1-3-5-19/h1-13,24H,15-16H2. The average Bonchev–Trinajstić information content (AvgIpc) is 2.77. The van der Waals surface area contributed by atoms with Gasteiger partial charge in [-0.25, -0.2) is 8.42 Å². The third-order valence-electron chi connectivity index (χ3n) is 4.16. The first-order chi connectivity index (χ1) is 14.0. The van der Waals surface area contributed by atoms with E-state index in [1.165, 1.54) is 24.3 Å². The number of carbonyl (C=O) groups excluding carboxylic acids is 1. The maximum Gasteiger partial charge on any atom is 0.321 e. The van der Waals surface area contributed by atoms with E-state index in [-0.39, 0.29) is 11.5 Å². The zero-order valence-corrected chi connectivity index (χ0v) is 16.2. The van der Waals surface area contributed by atoms with Crippen molar-refractivity contribution in [3.05, 3.63) is 90.0 Å². The van der Waals surface area contributed by atoms with E-state index in [0.29, 0.717) is 5.56 Å². The molecule has 3 aromatic rings. The number of ether oxygens (including phenoxy) is 1. The fraction of sp³-hybridized carbons (Fsp3) is 0.0909. The van der Waals surface area contributed by atoms with Crippen molar-refractivity contribution in [2.75, 3.05) is 6.54 Å². The molecule has 146 valence electrons. The van der Waals surface area contributed by atoms with Crippen LogP contribution in [0.15, 0.2) is 83.8 Å². The van der Waals surface area contributed by atoms with E-state index in [1.54, 1.807) is 0 Å². The van der Waals surface area contributed by atoms with Gasteiger partial charge in [-0.3, -0.25) is 4.79 Å². The number of nitrogens with zero attached hydrogens (tertiary/aromatic N) is 1. The summed E-state index contributed by atoms with van der Waals surface area (Å²) in [5, 5.41) is 8.76. The summed E-state index contributed by atoms with van der Waals surface area (Å²) in [6.45, 7) is -0.434. The van der Waals surface area contributed by atoms with E-state index in [9.17, 15) is 13.2 Å². The highest BCUT2D eigenvalue weighted by atomic mass is 32.2. The number of nitrogens with one attached hydrogen (secondary N) is 1. The Labute approximate surface area is 169 Å². The summed E-state index contributed by atoms with van der Waals surface area (Å²) < 4.78 is 31.7. The molecule has 0 aliphatic rings. The monoisotopic (exact) mass is 406 g/mol. The van der Waals surface area contributed by atoms with Gasteiger partial charge in [0.2, 0.25) is 10.0 Å². The van der Waals surface area contributed by atoms with E-state index >= 15 is 0 Å². The number of nitriles is 1. The van der Waals surface area contributed by atoms with Gasteiger partial charge in [-0.05, 0) is 41.0 Å². The van der Waals surface area contributed by atoms with Crippen LogP contribution in [-0.4, -0.2) is 20.9 Å². The number of esters is 1. The number of hydrogen-bond acceptors (Lipinski definition) is 5. The van der Waals surface area contributed by atoms with Crippen molar-refractivity contribution in [2.45, 2.75) is 11.5 Å². The molecule has 0 aromatic heterocycles. The van der Waals surface area contributed by atoms with Gasteiger partial charge in [-0.15, -0.1) is 0 Å². The van der Waals surface area contributed by atoms with Gasteiger partial charge in [0.1, 0.15) is 13.2 Å². The van der Waals surface area contributed by atoms with E-state index in [0.717, 1.165) is 16.7 Å². The largest absolute Gasteiger partial charge is 0.460 e. The Morgan fingerprint density at radius 1 is 0.897 bits per heavy atom. The van der Waals surface area contributed by atoms with Crippen molar-refractivity contribution in [1.82, 2.24) is 4.72 Å². The highest BCUT2D eigenvalue weighted by Gasteiger charge is 2.16. The van der Waals surface area contributed by atoms with Gasteiger partial charge < -0.3 is 4.74 Å². The Morgan fingerprint density at radius 2 is 1.52 bits per heavy atom. The molecule has 0 aliphatic heterocycles. The molecule has 0 saturated heterocycles. The maximum absolute atomic E-state index is 12.2. The fourth-order valence-electron chi connectivity index (χ4n) is 2.58. The van der Waals surface area contributed by atoms with Gasteiger partial charge in [-0.1, -0.05) is 54.6 Å². The number of benzene rings is 3. The van der Waals surface area contributed by atoms with Crippen LogP contribution in [-0.2, 0) is 26.2 Å². The molecule has 0 heterocycles. The van der Waals surface area contributed by atoms with E-state index in [1.807, 2.05) is 60.7 Å². The second-order valence-electron chi connectivity index (χ2n) is 6.18. The van der Waals surface area contributed by atoms with Crippen molar-refractivity contribution in [3.63, 3.8) is 0 Å². The molecular weight excluding hydrogens is 388 g/mol.